The van der Waals surface area contributed by atoms with Gasteiger partial charge < -0.3 is 9.30 Å². The number of thiazole rings is 1. The van der Waals surface area contributed by atoms with Crippen molar-refractivity contribution in [3.05, 3.63) is 70.2 Å². The molecule has 0 N–H and O–H groups in total. The Balaban J connectivity index is 1.43. The number of ether oxygens (including phenoxy) is 1. The highest BCUT2D eigenvalue weighted by Crippen LogP contribution is 2.29. The molecule has 5 rings (SSSR count). The lowest BCUT2D eigenvalue weighted by atomic mass is 10.1. The van der Waals surface area contributed by atoms with Crippen LogP contribution in [0.1, 0.15) is 18.5 Å². The third-order valence-corrected chi connectivity index (χ3v) is 6.78. The first kappa shape index (κ1) is 18.6. The largest absolute Gasteiger partial charge is 0.376 e. The van der Waals surface area contributed by atoms with E-state index in [1.54, 1.807) is 28.4 Å². The molecule has 1 aliphatic rings. The van der Waals surface area contributed by atoms with Crippen LogP contribution in [0.3, 0.4) is 0 Å². The van der Waals surface area contributed by atoms with Gasteiger partial charge in [-0.2, -0.15) is 0 Å². The molecule has 29 heavy (non-hydrogen) atoms. The molecule has 8 heteroatoms. The molecule has 0 amide bonds. The predicted molar refractivity (Wildman–Crippen MR) is 116 cm³/mol. The van der Waals surface area contributed by atoms with E-state index in [1.165, 1.54) is 11.3 Å². The van der Waals surface area contributed by atoms with Crippen molar-refractivity contribution in [1.82, 2.24) is 18.9 Å². The lowest BCUT2D eigenvalue weighted by Gasteiger charge is -2.16. The lowest BCUT2D eigenvalue weighted by molar-refractivity contribution is 0.0954. The molecule has 1 atom stereocenters. The van der Waals surface area contributed by atoms with Crippen molar-refractivity contribution in [3.63, 3.8) is 0 Å². The van der Waals surface area contributed by atoms with Crippen LogP contribution in [-0.2, 0) is 17.0 Å². The fourth-order valence-electron chi connectivity index (χ4n) is 3.58. The number of hydrogen-bond acceptors (Lipinski definition) is 6. The van der Waals surface area contributed by atoms with Crippen molar-refractivity contribution in [3.8, 4) is 11.3 Å². The van der Waals surface area contributed by atoms with E-state index in [-0.39, 0.29) is 11.7 Å². The maximum Gasteiger partial charge on any atom is 0.258 e. The van der Waals surface area contributed by atoms with Crippen LogP contribution >= 0.6 is 23.1 Å². The maximum atomic E-state index is 12.2. The van der Waals surface area contributed by atoms with Gasteiger partial charge in [0.1, 0.15) is 0 Å². The number of benzene rings is 1. The van der Waals surface area contributed by atoms with Crippen molar-refractivity contribution in [2.45, 2.75) is 36.4 Å². The van der Waals surface area contributed by atoms with Crippen molar-refractivity contribution in [1.29, 1.82) is 0 Å². The summed E-state index contributed by atoms with van der Waals surface area (Å²) in [6.45, 7) is 1.61. The van der Waals surface area contributed by atoms with Gasteiger partial charge in [0, 0.05) is 30.0 Å². The number of rotatable bonds is 6. The quantitative estimate of drug-likeness (QED) is 0.436. The van der Waals surface area contributed by atoms with E-state index in [1.807, 2.05) is 29.8 Å². The molecule has 0 bridgehead atoms. The number of imidazole rings is 1. The molecule has 1 aliphatic heterocycles. The van der Waals surface area contributed by atoms with Gasteiger partial charge in [0.15, 0.2) is 10.1 Å². The summed E-state index contributed by atoms with van der Waals surface area (Å²) in [5.41, 5.74) is 2.96. The smallest absolute Gasteiger partial charge is 0.258 e. The maximum absolute atomic E-state index is 12.2. The van der Waals surface area contributed by atoms with Crippen LogP contribution in [0.25, 0.3) is 16.2 Å². The fourth-order valence-corrected chi connectivity index (χ4v) is 5.20. The Bertz CT molecular complexity index is 1180. The van der Waals surface area contributed by atoms with Gasteiger partial charge in [0.25, 0.3) is 5.56 Å². The average molecular weight is 425 g/mol. The number of hydrogen-bond donors (Lipinski definition) is 0. The minimum absolute atomic E-state index is 0.0421. The fraction of sp³-hybridized carbons (Fsp3) is 0.286. The standard InChI is InChI=1S/C21H20N4O2S2/c26-19-11-16(23-21-24(19)8-10-28-21)14-29-20-22-12-18(15-5-2-1-3-6-15)25(20)13-17-7-4-9-27-17/h1-3,5-6,8,10-12,17H,4,7,9,13-14H2. The van der Waals surface area contributed by atoms with Crippen LogP contribution in [-0.4, -0.2) is 31.6 Å². The van der Waals surface area contributed by atoms with Crippen molar-refractivity contribution < 1.29 is 4.74 Å². The first-order valence-corrected chi connectivity index (χ1v) is 11.5. The minimum Gasteiger partial charge on any atom is -0.376 e. The summed E-state index contributed by atoms with van der Waals surface area (Å²) in [5.74, 6) is 0.598. The number of fused-ring (bicyclic) bond motifs is 1. The van der Waals surface area contributed by atoms with Gasteiger partial charge >= 0.3 is 0 Å². The predicted octanol–water partition coefficient (Wildman–Crippen LogP) is 4.09. The number of aromatic nitrogens is 4. The normalized spacial score (nSPS) is 16.6. The summed E-state index contributed by atoms with van der Waals surface area (Å²) >= 11 is 3.08. The van der Waals surface area contributed by atoms with Crippen LogP contribution in [0.15, 0.2) is 64.1 Å². The summed E-state index contributed by atoms with van der Waals surface area (Å²) in [4.78, 5) is 22.3. The lowest BCUT2D eigenvalue weighted by Crippen LogP contribution is -2.16. The van der Waals surface area contributed by atoms with Crippen LogP contribution in [0.5, 0.6) is 0 Å². The molecular weight excluding hydrogens is 404 g/mol. The molecule has 4 heterocycles. The van der Waals surface area contributed by atoms with Crippen LogP contribution in [0.2, 0.25) is 0 Å². The number of nitrogens with zero attached hydrogens (tertiary/aromatic N) is 4. The molecule has 1 fully saturated rings. The van der Waals surface area contributed by atoms with E-state index in [4.69, 9.17) is 4.74 Å². The topological polar surface area (TPSA) is 61.4 Å². The van der Waals surface area contributed by atoms with Gasteiger partial charge in [-0.25, -0.2) is 9.97 Å². The average Bonchev–Trinajstić information content (AvgIpc) is 3.49. The Kier molecular flexibility index (Phi) is 5.22. The zero-order chi connectivity index (χ0) is 19.6. The van der Waals surface area contributed by atoms with Crippen LogP contribution in [0, 0.1) is 0 Å². The molecule has 0 radical (unpaired) electrons. The zero-order valence-corrected chi connectivity index (χ0v) is 17.4. The molecule has 1 aromatic carbocycles. The Morgan fingerprint density at radius 1 is 1.28 bits per heavy atom. The van der Waals surface area contributed by atoms with E-state index in [2.05, 4.69) is 26.7 Å². The van der Waals surface area contributed by atoms with Gasteiger partial charge in [-0.05, 0) is 18.4 Å². The summed E-state index contributed by atoms with van der Waals surface area (Å²) in [5, 5.41) is 2.80. The number of thioether (sulfide) groups is 1. The first-order chi connectivity index (χ1) is 14.3. The summed E-state index contributed by atoms with van der Waals surface area (Å²) in [7, 11) is 0. The van der Waals surface area contributed by atoms with Gasteiger partial charge in [0.05, 0.1) is 30.2 Å². The molecule has 1 saturated heterocycles. The first-order valence-electron chi connectivity index (χ1n) is 9.59. The van der Waals surface area contributed by atoms with E-state index in [9.17, 15) is 4.79 Å². The second kappa shape index (κ2) is 8.14. The highest BCUT2D eigenvalue weighted by molar-refractivity contribution is 7.98. The van der Waals surface area contributed by atoms with Gasteiger partial charge in [-0.15, -0.1) is 11.3 Å². The van der Waals surface area contributed by atoms with Gasteiger partial charge in [0.2, 0.25) is 0 Å². The summed E-state index contributed by atoms with van der Waals surface area (Å²) in [6.07, 6.45) is 6.08. The van der Waals surface area contributed by atoms with Crippen molar-refractivity contribution >= 4 is 28.1 Å². The second-order valence-electron chi connectivity index (χ2n) is 6.97. The molecular formula is C21H20N4O2S2. The highest BCUT2D eigenvalue weighted by atomic mass is 32.2. The molecule has 148 valence electrons. The Hall–Kier alpha value is -2.42. The third kappa shape index (κ3) is 3.88. The minimum atomic E-state index is -0.0421. The molecule has 0 spiro atoms. The summed E-state index contributed by atoms with van der Waals surface area (Å²) < 4.78 is 9.69. The monoisotopic (exact) mass is 424 g/mol. The van der Waals surface area contributed by atoms with Crippen LogP contribution in [0.4, 0.5) is 0 Å². The molecule has 0 saturated carbocycles. The van der Waals surface area contributed by atoms with Gasteiger partial charge in [-0.1, -0.05) is 42.1 Å². The Morgan fingerprint density at radius 2 is 2.17 bits per heavy atom. The van der Waals surface area contributed by atoms with Gasteiger partial charge in [-0.3, -0.25) is 9.20 Å². The van der Waals surface area contributed by atoms with Crippen molar-refractivity contribution in [2.75, 3.05) is 6.61 Å². The molecule has 1 unspecified atom stereocenters. The highest BCUT2D eigenvalue weighted by Gasteiger charge is 2.21. The SMILES string of the molecule is O=c1cc(CSc2ncc(-c3ccccc3)n2CC2CCCO2)nc2sccn12. The van der Waals surface area contributed by atoms with Crippen LogP contribution < -0.4 is 5.56 Å². The van der Waals surface area contributed by atoms with E-state index >= 15 is 0 Å². The van der Waals surface area contributed by atoms with E-state index in [0.717, 1.165) is 53.1 Å². The Morgan fingerprint density at radius 3 is 3.00 bits per heavy atom. The molecule has 0 aliphatic carbocycles. The second-order valence-corrected chi connectivity index (χ2v) is 8.78. The third-order valence-electron chi connectivity index (χ3n) is 5.00. The molecule has 6 nitrogen and oxygen atoms in total. The Labute approximate surface area is 176 Å². The summed E-state index contributed by atoms with van der Waals surface area (Å²) in [6, 6.07) is 11.9. The molecule has 4 aromatic rings. The molecule has 3 aromatic heterocycles. The zero-order valence-electron chi connectivity index (χ0n) is 15.7. The van der Waals surface area contributed by atoms with E-state index in [0.29, 0.717) is 5.75 Å². The van der Waals surface area contributed by atoms with E-state index < -0.39 is 0 Å². The van der Waals surface area contributed by atoms with Crippen molar-refractivity contribution in [2.24, 2.45) is 0 Å².